The highest BCUT2D eigenvalue weighted by atomic mass is 79.9. The highest BCUT2D eigenvalue weighted by molar-refractivity contribution is 9.10. The molecule has 0 spiro atoms. The Morgan fingerprint density at radius 2 is 1.94 bits per heavy atom. The number of fused-ring (bicyclic) bond motifs is 3. The summed E-state index contributed by atoms with van der Waals surface area (Å²) in [5.41, 5.74) is 4.79. The summed E-state index contributed by atoms with van der Waals surface area (Å²) in [5.74, 6) is 0.952. The Hall–Kier alpha value is -2.77. The zero-order valence-corrected chi connectivity index (χ0v) is 20.0. The molecule has 32 heavy (non-hydrogen) atoms. The summed E-state index contributed by atoms with van der Waals surface area (Å²) >= 11 is 9.76. The van der Waals surface area contributed by atoms with E-state index in [1.54, 1.807) is 6.07 Å². The molecule has 8 heteroatoms. The molecule has 2 amide bonds. The molecular weight excluding hydrogens is 490 g/mol. The fourth-order valence-electron chi connectivity index (χ4n) is 4.17. The number of nitrogens with zero attached hydrogens (tertiary/aromatic N) is 4. The molecule has 1 fully saturated rings. The normalized spacial score (nSPS) is 14.7. The lowest BCUT2D eigenvalue weighted by molar-refractivity contribution is 0.215. The number of urea groups is 1. The van der Waals surface area contributed by atoms with Gasteiger partial charge in [-0.2, -0.15) is 0 Å². The van der Waals surface area contributed by atoms with Gasteiger partial charge in [-0.1, -0.05) is 33.6 Å². The van der Waals surface area contributed by atoms with Crippen molar-refractivity contribution in [1.82, 2.24) is 14.3 Å². The van der Waals surface area contributed by atoms with Gasteiger partial charge in [0, 0.05) is 47.6 Å². The second-order valence-electron chi connectivity index (χ2n) is 8.05. The Morgan fingerprint density at radius 1 is 1.06 bits per heavy atom. The van der Waals surface area contributed by atoms with Crippen molar-refractivity contribution in [2.75, 3.05) is 36.4 Å². The number of anilines is 2. The average molecular weight is 513 g/mol. The lowest BCUT2D eigenvalue weighted by Crippen LogP contribution is -2.38. The molecule has 2 aromatic carbocycles. The van der Waals surface area contributed by atoms with Gasteiger partial charge >= 0.3 is 6.03 Å². The van der Waals surface area contributed by atoms with E-state index >= 15 is 0 Å². The van der Waals surface area contributed by atoms with Gasteiger partial charge in [0.2, 0.25) is 0 Å². The molecular formula is C24H23BrClN5O. The first kappa shape index (κ1) is 21.1. The third-order valence-corrected chi connectivity index (χ3v) is 6.81. The van der Waals surface area contributed by atoms with E-state index < -0.39 is 0 Å². The van der Waals surface area contributed by atoms with Gasteiger partial charge in [-0.15, -0.1) is 0 Å². The number of nitrogens with one attached hydrogen (secondary N) is 1. The topological polar surface area (TPSA) is 52.9 Å². The Morgan fingerprint density at radius 3 is 2.78 bits per heavy atom. The maximum absolute atomic E-state index is 12.9. The summed E-state index contributed by atoms with van der Waals surface area (Å²) < 4.78 is 3.19. The molecule has 0 aliphatic carbocycles. The molecule has 1 aliphatic rings. The van der Waals surface area contributed by atoms with Crippen LogP contribution in [0.2, 0.25) is 5.02 Å². The van der Waals surface area contributed by atoms with Gasteiger partial charge in [0.25, 0.3) is 0 Å². The summed E-state index contributed by atoms with van der Waals surface area (Å²) in [6.45, 7) is 4.82. The Bertz CT molecular complexity index is 1320. The SMILES string of the molecule is Cc1ccc(NC(=O)N2CCCN(c3nc4cc(Br)ccc4n4cccc34)CC2)cc1Cl. The van der Waals surface area contributed by atoms with E-state index in [2.05, 4.69) is 48.9 Å². The van der Waals surface area contributed by atoms with E-state index in [0.717, 1.165) is 51.9 Å². The Kier molecular flexibility index (Phi) is 5.69. The number of aryl methyl sites for hydroxylation is 1. The molecule has 2 aromatic heterocycles. The van der Waals surface area contributed by atoms with E-state index in [4.69, 9.17) is 16.6 Å². The van der Waals surface area contributed by atoms with Gasteiger partial charge < -0.3 is 19.5 Å². The molecule has 4 aromatic rings. The summed E-state index contributed by atoms with van der Waals surface area (Å²) in [5, 5.41) is 3.63. The third-order valence-electron chi connectivity index (χ3n) is 5.91. The van der Waals surface area contributed by atoms with Crippen LogP contribution in [-0.4, -0.2) is 46.5 Å². The van der Waals surface area contributed by atoms with Crippen molar-refractivity contribution < 1.29 is 4.79 Å². The predicted molar refractivity (Wildman–Crippen MR) is 134 cm³/mol. The molecule has 164 valence electrons. The average Bonchev–Trinajstić information content (AvgIpc) is 3.13. The largest absolute Gasteiger partial charge is 0.353 e. The number of halogens is 2. The number of amides is 2. The van der Waals surface area contributed by atoms with Crippen LogP contribution in [0.5, 0.6) is 0 Å². The maximum atomic E-state index is 12.9. The van der Waals surface area contributed by atoms with E-state index in [0.29, 0.717) is 23.8 Å². The molecule has 0 saturated carbocycles. The number of hydrogen-bond acceptors (Lipinski definition) is 3. The van der Waals surface area contributed by atoms with Crippen LogP contribution < -0.4 is 10.2 Å². The first-order chi connectivity index (χ1) is 15.5. The van der Waals surface area contributed by atoms with Gasteiger partial charge in [-0.05, 0) is 61.4 Å². The summed E-state index contributed by atoms with van der Waals surface area (Å²) in [4.78, 5) is 22.0. The molecule has 1 aliphatic heterocycles. The number of hydrogen-bond donors (Lipinski definition) is 1. The van der Waals surface area contributed by atoms with Crippen LogP contribution in [0.4, 0.5) is 16.3 Å². The monoisotopic (exact) mass is 511 g/mol. The van der Waals surface area contributed by atoms with Crippen LogP contribution >= 0.6 is 27.5 Å². The van der Waals surface area contributed by atoms with Crippen molar-refractivity contribution in [3.8, 4) is 0 Å². The standard InChI is InChI=1S/C24H23BrClN5O/c1-16-5-7-18(15-19(16)26)27-24(32)30-10-3-9-29(12-13-30)23-22-4-2-11-31(22)21-8-6-17(25)14-20(21)28-23/h2,4-8,11,14-15H,3,9-10,12-13H2,1H3,(H,27,32). The zero-order valence-electron chi connectivity index (χ0n) is 17.7. The molecule has 5 rings (SSSR count). The van der Waals surface area contributed by atoms with E-state index in [-0.39, 0.29) is 6.03 Å². The number of aromatic nitrogens is 2. The summed E-state index contributed by atoms with van der Waals surface area (Å²) in [7, 11) is 0. The van der Waals surface area contributed by atoms with Crippen LogP contribution in [-0.2, 0) is 0 Å². The quantitative estimate of drug-likeness (QED) is 0.361. The summed E-state index contributed by atoms with van der Waals surface area (Å²) in [6, 6.07) is 15.8. The fraction of sp³-hybridized carbons (Fsp3) is 0.250. The van der Waals surface area contributed by atoms with E-state index in [9.17, 15) is 4.79 Å². The molecule has 0 atom stereocenters. The molecule has 1 N–H and O–H groups in total. The Balaban J connectivity index is 1.37. The van der Waals surface area contributed by atoms with Gasteiger partial charge in [-0.3, -0.25) is 0 Å². The maximum Gasteiger partial charge on any atom is 0.321 e. The number of benzene rings is 2. The van der Waals surface area contributed by atoms with Crippen molar-refractivity contribution >= 4 is 61.6 Å². The van der Waals surface area contributed by atoms with Crippen molar-refractivity contribution in [1.29, 1.82) is 0 Å². The highest BCUT2D eigenvalue weighted by Gasteiger charge is 2.22. The molecule has 6 nitrogen and oxygen atoms in total. The lowest BCUT2D eigenvalue weighted by atomic mass is 10.2. The second kappa shape index (κ2) is 8.64. The van der Waals surface area contributed by atoms with Gasteiger partial charge in [0.15, 0.2) is 5.82 Å². The van der Waals surface area contributed by atoms with Gasteiger partial charge in [-0.25, -0.2) is 9.78 Å². The second-order valence-corrected chi connectivity index (χ2v) is 9.38. The van der Waals surface area contributed by atoms with Gasteiger partial charge in [0.1, 0.15) is 0 Å². The van der Waals surface area contributed by atoms with Crippen molar-refractivity contribution in [2.24, 2.45) is 0 Å². The molecule has 0 bridgehead atoms. The molecule has 0 unspecified atom stereocenters. The number of carbonyl (C=O) groups excluding carboxylic acids is 1. The van der Waals surface area contributed by atoms with Crippen LogP contribution in [0.25, 0.3) is 16.6 Å². The minimum absolute atomic E-state index is 0.102. The van der Waals surface area contributed by atoms with Crippen LogP contribution in [0.3, 0.4) is 0 Å². The fourth-order valence-corrected chi connectivity index (χ4v) is 4.70. The van der Waals surface area contributed by atoms with Crippen LogP contribution in [0.15, 0.2) is 59.2 Å². The van der Waals surface area contributed by atoms with Gasteiger partial charge in [0.05, 0.1) is 16.6 Å². The molecule has 3 heterocycles. The third kappa shape index (κ3) is 4.02. The number of rotatable bonds is 2. The minimum Gasteiger partial charge on any atom is -0.353 e. The smallest absolute Gasteiger partial charge is 0.321 e. The van der Waals surface area contributed by atoms with Crippen molar-refractivity contribution in [3.05, 3.63) is 69.8 Å². The predicted octanol–water partition coefficient (Wildman–Crippen LogP) is 5.96. The number of carbonyl (C=O) groups is 1. The van der Waals surface area contributed by atoms with Crippen LogP contribution in [0, 0.1) is 6.92 Å². The first-order valence-corrected chi connectivity index (χ1v) is 11.8. The molecule has 1 saturated heterocycles. The lowest BCUT2D eigenvalue weighted by Gasteiger charge is -2.24. The van der Waals surface area contributed by atoms with E-state index in [1.807, 2.05) is 42.2 Å². The van der Waals surface area contributed by atoms with E-state index in [1.165, 1.54) is 0 Å². The van der Waals surface area contributed by atoms with Crippen LogP contribution in [0.1, 0.15) is 12.0 Å². The summed E-state index contributed by atoms with van der Waals surface area (Å²) in [6.07, 6.45) is 2.94. The first-order valence-electron chi connectivity index (χ1n) is 10.6. The minimum atomic E-state index is -0.102. The zero-order chi connectivity index (χ0) is 22.2. The van der Waals surface area contributed by atoms with Crippen molar-refractivity contribution in [3.63, 3.8) is 0 Å². The Labute approximate surface area is 199 Å². The molecule has 0 radical (unpaired) electrons. The van der Waals surface area contributed by atoms with Crippen molar-refractivity contribution in [2.45, 2.75) is 13.3 Å². The highest BCUT2D eigenvalue weighted by Crippen LogP contribution is 2.28.